The number of amidine groups is 1. The lowest BCUT2D eigenvalue weighted by Gasteiger charge is -2.37. The van der Waals surface area contributed by atoms with Crippen LogP contribution in [0.1, 0.15) is 41.6 Å². The summed E-state index contributed by atoms with van der Waals surface area (Å²) in [4.78, 5) is 36.3. The zero-order valence-corrected chi connectivity index (χ0v) is 19.9. The molecule has 3 heterocycles. The van der Waals surface area contributed by atoms with Gasteiger partial charge >= 0.3 is 5.97 Å². The Labute approximate surface area is 197 Å². The van der Waals surface area contributed by atoms with E-state index >= 15 is 0 Å². The van der Waals surface area contributed by atoms with Crippen LogP contribution >= 0.6 is 11.8 Å². The molecule has 8 heteroatoms. The van der Waals surface area contributed by atoms with Crippen molar-refractivity contribution < 1.29 is 14.3 Å². The number of ether oxygens (including phenoxy) is 1. The first-order valence-corrected chi connectivity index (χ1v) is 11.5. The smallest absolute Gasteiger partial charge is 0.338 e. The quantitative estimate of drug-likeness (QED) is 0.649. The third kappa shape index (κ3) is 4.71. The molecule has 170 valence electrons. The highest BCUT2D eigenvalue weighted by Gasteiger charge is 2.41. The minimum Gasteiger partial charge on any atom is -0.466 e. The third-order valence-electron chi connectivity index (χ3n) is 5.68. The number of carbonyl (C=O) groups excluding carboxylic acids is 2. The molecule has 2 aliphatic rings. The Hall–Kier alpha value is -3.39. The highest BCUT2D eigenvalue weighted by molar-refractivity contribution is 8.16. The van der Waals surface area contributed by atoms with Gasteiger partial charge in [0.1, 0.15) is 0 Å². The molecule has 2 aromatic rings. The number of rotatable bonds is 6. The summed E-state index contributed by atoms with van der Waals surface area (Å²) in [6.45, 7) is 6.30. The van der Waals surface area contributed by atoms with Crippen molar-refractivity contribution in [2.45, 2.75) is 39.8 Å². The standard InChI is InChI=1S/C25H26N4O3S/c1-15-7-8-20(16(2)10-15)23-22(24(31)32-4)17(3)28-25-29(23)19(14-33-25)11-21(30)27-13-18-6-5-9-26-12-18/h5-10,12,14,23H,11,13H2,1-4H3,(H,27,30)/t23-/m0/s1. The molecule has 1 N–H and O–H groups in total. The maximum absolute atomic E-state index is 12.8. The third-order valence-corrected chi connectivity index (χ3v) is 6.57. The Morgan fingerprint density at radius 2 is 2.03 bits per heavy atom. The van der Waals surface area contributed by atoms with Crippen molar-refractivity contribution >= 4 is 28.8 Å². The highest BCUT2D eigenvalue weighted by Crippen LogP contribution is 2.45. The zero-order valence-electron chi connectivity index (χ0n) is 19.1. The average Bonchev–Trinajstić information content (AvgIpc) is 3.19. The van der Waals surface area contributed by atoms with Crippen molar-refractivity contribution in [3.63, 3.8) is 0 Å². The van der Waals surface area contributed by atoms with Crippen molar-refractivity contribution in [3.05, 3.63) is 87.4 Å². The number of thioether (sulfide) groups is 1. The van der Waals surface area contributed by atoms with E-state index < -0.39 is 12.0 Å². The van der Waals surface area contributed by atoms with Gasteiger partial charge in [0.25, 0.3) is 0 Å². The lowest BCUT2D eigenvalue weighted by molar-refractivity contribution is -0.136. The summed E-state index contributed by atoms with van der Waals surface area (Å²) in [5.74, 6) is -0.533. The van der Waals surface area contributed by atoms with Gasteiger partial charge in [0, 0.05) is 24.6 Å². The number of esters is 1. The number of allylic oxidation sites excluding steroid dienone is 1. The van der Waals surface area contributed by atoms with E-state index in [9.17, 15) is 9.59 Å². The van der Waals surface area contributed by atoms with Crippen molar-refractivity contribution in [3.8, 4) is 0 Å². The molecule has 0 saturated heterocycles. The number of amides is 1. The Balaban J connectivity index is 1.64. The SMILES string of the molecule is COC(=O)C1=C(C)N=C2SC=C(CC(=O)NCc3cccnc3)N2[C@H]1c1ccc(C)cc1C. The molecular formula is C25H26N4O3S. The molecule has 0 fully saturated rings. The van der Waals surface area contributed by atoms with E-state index in [1.807, 2.05) is 55.3 Å². The van der Waals surface area contributed by atoms with E-state index in [0.29, 0.717) is 17.8 Å². The first kappa shape index (κ1) is 22.8. The summed E-state index contributed by atoms with van der Waals surface area (Å²) in [6.07, 6.45) is 3.60. The van der Waals surface area contributed by atoms with Crippen LogP contribution in [0, 0.1) is 13.8 Å². The number of pyridine rings is 1. The van der Waals surface area contributed by atoms with Crippen molar-refractivity contribution in [2.24, 2.45) is 4.99 Å². The molecule has 1 aromatic carbocycles. The summed E-state index contributed by atoms with van der Waals surface area (Å²) in [7, 11) is 1.38. The highest BCUT2D eigenvalue weighted by atomic mass is 32.2. The Morgan fingerprint density at radius 3 is 2.73 bits per heavy atom. The number of fused-ring (bicyclic) bond motifs is 1. The van der Waals surface area contributed by atoms with Gasteiger partial charge in [-0.2, -0.15) is 0 Å². The first-order chi connectivity index (χ1) is 15.9. The number of hydrogen-bond donors (Lipinski definition) is 1. The van der Waals surface area contributed by atoms with E-state index in [4.69, 9.17) is 4.74 Å². The molecule has 4 rings (SSSR count). The number of benzene rings is 1. The monoisotopic (exact) mass is 462 g/mol. The van der Waals surface area contributed by atoms with Gasteiger partial charge in [-0.15, -0.1) is 0 Å². The molecule has 0 saturated carbocycles. The molecule has 2 aliphatic heterocycles. The number of aryl methyl sites for hydroxylation is 2. The first-order valence-electron chi connectivity index (χ1n) is 10.6. The zero-order chi connectivity index (χ0) is 23.5. The maximum atomic E-state index is 12.8. The second-order valence-electron chi connectivity index (χ2n) is 8.06. The fourth-order valence-electron chi connectivity index (χ4n) is 4.10. The molecule has 7 nitrogen and oxygen atoms in total. The second kappa shape index (κ2) is 9.62. The summed E-state index contributed by atoms with van der Waals surface area (Å²) >= 11 is 1.46. The maximum Gasteiger partial charge on any atom is 0.338 e. The van der Waals surface area contributed by atoms with Gasteiger partial charge in [-0.25, -0.2) is 9.79 Å². The number of methoxy groups -OCH3 is 1. The normalized spacial score (nSPS) is 17.3. The summed E-state index contributed by atoms with van der Waals surface area (Å²) < 4.78 is 5.12. The average molecular weight is 463 g/mol. The van der Waals surface area contributed by atoms with Crippen LogP contribution in [0.2, 0.25) is 0 Å². The van der Waals surface area contributed by atoms with E-state index in [0.717, 1.165) is 33.1 Å². The molecule has 0 radical (unpaired) electrons. The molecule has 1 aromatic heterocycles. The van der Waals surface area contributed by atoms with Crippen LogP contribution < -0.4 is 5.32 Å². The van der Waals surface area contributed by atoms with Crippen LogP contribution in [0.15, 0.2) is 70.1 Å². The predicted molar refractivity (Wildman–Crippen MR) is 129 cm³/mol. The molecule has 1 atom stereocenters. The fraction of sp³-hybridized carbons (Fsp3) is 0.280. The van der Waals surface area contributed by atoms with Crippen LogP contribution in [-0.2, 0) is 20.9 Å². The second-order valence-corrected chi connectivity index (χ2v) is 8.90. The van der Waals surface area contributed by atoms with Gasteiger partial charge in [-0.3, -0.25) is 9.78 Å². The molecule has 0 aliphatic carbocycles. The summed E-state index contributed by atoms with van der Waals surface area (Å²) in [5, 5.41) is 5.64. The van der Waals surface area contributed by atoms with Gasteiger partial charge in [0.05, 0.1) is 30.8 Å². The van der Waals surface area contributed by atoms with Gasteiger partial charge in [-0.1, -0.05) is 41.6 Å². The molecule has 0 spiro atoms. The van der Waals surface area contributed by atoms with Gasteiger partial charge < -0.3 is 15.0 Å². The Bertz CT molecular complexity index is 1190. The van der Waals surface area contributed by atoms with E-state index in [1.165, 1.54) is 18.9 Å². The molecule has 0 bridgehead atoms. The molecule has 0 unspecified atom stereocenters. The Morgan fingerprint density at radius 1 is 1.21 bits per heavy atom. The topological polar surface area (TPSA) is 83.9 Å². The minimum absolute atomic E-state index is 0.114. The predicted octanol–water partition coefficient (Wildman–Crippen LogP) is 4.15. The van der Waals surface area contributed by atoms with Crippen LogP contribution in [0.3, 0.4) is 0 Å². The van der Waals surface area contributed by atoms with E-state index in [-0.39, 0.29) is 12.3 Å². The number of carbonyl (C=O) groups is 2. The van der Waals surface area contributed by atoms with Crippen LogP contribution in [0.4, 0.5) is 0 Å². The largest absolute Gasteiger partial charge is 0.466 e. The van der Waals surface area contributed by atoms with E-state index in [2.05, 4.69) is 21.4 Å². The number of hydrogen-bond acceptors (Lipinski definition) is 7. The van der Waals surface area contributed by atoms with Crippen LogP contribution in [0.5, 0.6) is 0 Å². The number of nitrogens with one attached hydrogen (secondary N) is 1. The number of aliphatic imine (C=N–C) groups is 1. The van der Waals surface area contributed by atoms with Crippen LogP contribution in [-0.4, -0.2) is 34.0 Å². The van der Waals surface area contributed by atoms with Crippen molar-refractivity contribution in [1.29, 1.82) is 0 Å². The summed E-state index contributed by atoms with van der Waals surface area (Å²) in [6, 6.07) is 9.50. The minimum atomic E-state index is -0.419. The fourth-order valence-corrected chi connectivity index (χ4v) is 5.06. The lowest BCUT2D eigenvalue weighted by atomic mass is 9.90. The van der Waals surface area contributed by atoms with Gasteiger partial charge in [-0.05, 0) is 48.9 Å². The molecular weight excluding hydrogens is 436 g/mol. The van der Waals surface area contributed by atoms with Crippen molar-refractivity contribution in [1.82, 2.24) is 15.2 Å². The van der Waals surface area contributed by atoms with Crippen molar-refractivity contribution in [2.75, 3.05) is 7.11 Å². The number of nitrogens with zero attached hydrogens (tertiary/aromatic N) is 3. The van der Waals surface area contributed by atoms with Gasteiger partial charge in [0.15, 0.2) is 5.17 Å². The van der Waals surface area contributed by atoms with Crippen LogP contribution in [0.25, 0.3) is 0 Å². The summed E-state index contributed by atoms with van der Waals surface area (Å²) in [5.41, 5.74) is 6.02. The molecule has 1 amide bonds. The lowest BCUT2D eigenvalue weighted by Crippen LogP contribution is -2.38. The van der Waals surface area contributed by atoms with Gasteiger partial charge in [0.2, 0.25) is 5.91 Å². The number of aromatic nitrogens is 1. The van der Waals surface area contributed by atoms with E-state index in [1.54, 1.807) is 12.4 Å². The molecule has 33 heavy (non-hydrogen) atoms. The Kier molecular flexibility index (Phi) is 6.65.